The van der Waals surface area contributed by atoms with Gasteiger partial charge < -0.3 is 24.8 Å². The maximum Gasteiger partial charge on any atom is 0.338 e. The first kappa shape index (κ1) is 44.1. The van der Waals surface area contributed by atoms with Gasteiger partial charge in [-0.05, 0) is 152 Å². The van der Waals surface area contributed by atoms with Gasteiger partial charge in [0.2, 0.25) is 0 Å². The Kier molecular flexibility index (Phi) is 11.7. The molecule has 2 saturated heterocycles. The molecule has 12 nitrogen and oxygen atoms in total. The van der Waals surface area contributed by atoms with Crippen molar-refractivity contribution < 1.29 is 35.8 Å². The van der Waals surface area contributed by atoms with Gasteiger partial charge in [0.15, 0.2) is 0 Å². The van der Waals surface area contributed by atoms with Crippen molar-refractivity contribution in [2.24, 2.45) is 11.8 Å². The molecule has 6 aromatic rings. The molecule has 0 bridgehead atoms. The second-order valence-corrected chi connectivity index (χ2v) is 21.9. The van der Waals surface area contributed by atoms with Gasteiger partial charge in [0.1, 0.15) is 6.61 Å². The van der Waals surface area contributed by atoms with Crippen LogP contribution in [0.1, 0.15) is 92.0 Å². The zero-order chi connectivity index (χ0) is 45.9. The molecule has 4 N–H and O–H groups in total. The van der Waals surface area contributed by atoms with Crippen molar-refractivity contribution in [3.05, 3.63) is 176 Å². The number of hydrogen-bond donors (Lipinski definition) is 4. The van der Waals surface area contributed by atoms with Crippen LogP contribution in [0.15, 0.2) is 136 Å². The van der Waals surface area contributed by atoms with E-state index in [9.17, 15) is 21.6 Å². The molecular weight excluding hydrogens is 941 g/mol. The molecule has 0 spiro atoms. The molecule has 4 aliphatic heterocycles. The molecule has 66 heavy (non-hydrogen) atoms. The first-order chi connectivity index (χ1) is 31.7. The fourth-order valence-corrected chi connectivity index (χ4v) is 12.2. The molecule has 340 valence electrons. The lowest BCUT2D eigenvalue weighted by Crippen LogP contribution is -2.29. The minimum absolute atomic E-state index is 0.00101. The van der Waals surface area contributed by atoms with E-state index in [-0.39, 0.29) is 52.5 Å². The van der Waals surface area contributed by atoms with Crippen molar-refractivity contribution in [2.45, 2.75) is 74.3 Å². The Hall–Kier alpha value is -5.71. The smallest absolute Gasteiger partial charge is 0.338 e. The van der Waals surface area contributed by atoms with Gasteiger partial charge in [-0.25, -0.2) is 21.6 Å². The van der Waals surface area contributed by atoms with E-state index in [1.807, 2.05) is 63.2 Å². The lowest BCUT2D eigenvalue weighted by atomic mass is 9.81. The van der Waals surface area contributed by atoms with E-state index in [1.165, 1.54) is 0 Å². The van der Waals surface area contributed by atoms with Crippen molar-refractivity contribution in [3.8, 4) is 0 Å². The second-order valence-electron chi connectivity index (χ2n) is 17.6. The summed E-state index contributed by atoms with van der Waals surface area (Å²) in [6.07, 6.45) is 1.11. The molecule has 6 atom stereocenters. The number of rotatable bonds is 11. The quantitative estimate of drug-likeness (QED) is 0.0920. The average molecular weight is 990 g/mol. The van der Waals surface area contributed by atoms with Crippen LogP contribution in [0, 0.1) is 32.6 Å². The van der Waals surface area contributed by atoms with Gasteiger partial charge in [0.25, 0.3) is 20.0 Å². The molecule has 10 rings (SSSR count). The van der Waals surface area contributed by atoms with Crippen LogP contribution in [-0.4, -0.2) is 36.0 Å². The van der Waals surface area contributed by atoms with E-state index in [1.54, 1.807) is 66.7 Å². The molecule has 0 radical (unpaired) electrons. The van der Waals surface area contributed by atoms with Gasteiger partial charge in [-0.1, -0.05) is 52.3 Å². The number of aryl methyl sites for hydroxylation is 3. The Balaban J connectivity index is 0.771. The lowest BCUT2D eigenvalue weighted by molar-refractivity contribution is 0.0472. The van der Waals surface area contributed by atoms with Crippen LogP contribution in [-0.2, 0) is 40.9 Å². The van der Waals surface area contributed by atoms with E-state index >= 15 is 0 Å². The van der Waals surface area contributed by atoms with E-state index in [4.69, 9.17) is 14.2 Å². The van der Waals surface area contributed by atoms with Crippen LogP contribution in [0.4, 0.5) is 22.7 Å². The fraction of sp³-hybridized carbons (Fsp3) is 0.275. The molecular formula is C51H49BrN4O8S2. The van der Waals surface area contributed by atoms with E-state index < -0.39 is 26.0 Å². The van der Waals surface area contributed by atoms with E-state index in [2.05, 4.69) is 48.1 Å². The third kappa shape index (κ3) is 8.58. The normalized spacial score (nSPS) is 21.9. The first-order valence-corrected chi connectivity index (χ1v) is 25.8. The molecule has 0 aliphatic carbocycles. The Labute approximate surface area is 393 Å². The minimum Gasteiger partial charge on any atom is -0.457 e. The summed E-state index contributed by atoms with van der Waals surface area (Å²) in [4.78, 5) is 13.6. The van der Waals surface area contributed by atoms with Crippen molar-refractivity contribution in [3.63, 3.8) is 0 Å². The number of halogens is 1. The molecule has 6 aromatic carbocycles. The first-order valence-electron chi connectivity index (χ1n) is 22.0. The summed E-state index contributed by atoms with van der Waals surface area (Å²) in [6, 6.07) is 36.3. The molecule has 0 amide bonds. The Bertz CT molecular complexity index is 3090. The van der Waals surface area contributed by atoms with Gasteiger partial charge in [0, 0.05) is 63.4 Å². The Morgan fingerprint density at radius 3 is 1.64 bits per heavy atom. The highest BCUT2D eigenvalue weighted by Gasteiger charge is 2.43. The number of sulfonamides is 2. The topological polar surface area (TPSA) is 161 Å². The summed E-state index contributed by atoms with van der Waals surface area (Å²) in [5.41, 5.74) is 10.3. The molecule has 4 aliphatic rings. The molecule has 2 fully saturated rings. The highest BCUT2D eigenvalue weighted by molar-refractivity contribution is 9.10. The summed E-state index contributed by atoms with van der Waals surface area (Å²) in [5.74, 6) is -0.291. The van der Waals surface area contributed by atoms with Crippen LogP contribution in [0.5, 0.6) is 0 Å². The largest absolute Gasteiger partial charge is 0.457 e. The molecule has 4 heterocycles. The lowest BCUT2D eigenvalue weighted by Gasteiger charge is -2.36. The molecule has 1 unspecified atom stereocenters. The SMILES string of the molecule is Cc1ccc(NS(=O)(=O)c2ccc3c(c2)[C@@H]2OCC[C@@H]2[C@@H](c2ccc(C(=O)OCc4ccc(NS(=O)(=O)c5ccc6c(c5)[C@H]5OCC[C@H]5C(c5ccc(Br)cc5)N6)cc4C)cc2)N3)cc1C. The maximum atomic E-state index is 13.7. The molecule has 0 saturated carbocycles. The van der Waals surface area contributed by atoms with Gasteiger partial charge >= 0.3 is 5.97 Å². The van der Waals surface area contributed by atoms with Crippen molar-refractivity contribution in [1.29, 1.82) is 0 Å². The number of carbonyl (C=O) groups excluding carboxylic acids is 1. The summed E-state index contributed by atoms with van der Waals surface area (Å²) in [7, 11) is -7.80. The number of fused-ring (bicyclic) bond motifs is 6. The Morgan fingerprint density at radius 1 is 0.621 bits per heavy atom. The number of carbonyl (C=O) groups is 1. The van der Waals surface area contributed by atoms with E-state index in [0.717, 1.165) is 73.2 Å². The standard InChI is InChI=1S/C51H49BrN4O8S2/c1-29-4-14-37(24-30(29)2)55-65(58,59)39-16-18-45-43(26-39)49-41(20-22-62-49)47(53-45)32-5-7-34(8-6-32)51(57)64-28-35-11-15-38(25-31(35)3)56-66(60,61)40-17-19-46-44(27-40)50-42(21-23-63-50)48(54-46)33-9-12-36(52)13-10-33/h4-19,24-27,41-42,47-50,53-56H,20-23,28H2,1-3H3/t41-,42+,47-,48?,49-,50+/m1/s1. The highest BCUT2D eigenvalue weighted by Crippen LogP contribution is 2.52. The summed E-state index contributed by atoms with van der Waals surface area (Å²) in [5, 5.41) is 7.27. The number of nitrogens with one attached hydrogen (secondary N) is 4. The van der Waals surface area contributed by atoms with Gasteiger partial charge in [0.05, 0.1) is 39.6 Å². The number of benzene rings is 6. The number of anilines is 4. The third-order valence-electron chi connectivity index (χ3n) is 13.5. The number of hydrogen-bond acceptors (Lipinski definition) is 10. The van der Waals surface area contributed by atoms with Gasteiger partial charge in [-0.15, -0.1) is 0 Å². The highest BCUT2D eigenvalue weighted by atomic mass is 79.9. The number of esters is 1. The molecule has 0 aromatic heterocycles. The van der Waals surface area contributed by atoms with E-state index in [0.29, 0.717) is 30.2 Å². The minimum atomic E-state index is -3.95. The Morgan fingerprint density at radius 2 is 1.12 bits per heavy atom. The van der Waals surface area contributed by atoms with Crippen molar-refractivity contribution in [2.75, 3.05) is 33.3 Å². The van der Waals surface area contributed by atoms with Crippen LogP contribution in [0.3, 0.4) is 0 Å². The zero-order valence-corrected chi connectivity index (χ0v) is 39.7. The van der Waals surface area contributed by atoms with Crippen molar-refractivity contribution >= 4 is 64.7 Å². The van der Waals surface area contributed by atoms with Gasteiger partial charge in [-0.3, -0.25) is 9.44 Å². The number of ether oxygens (including phenoxy) is 3. The van der Waals surface area contributed by atoms with Crippen LogP contribution < -0.4 is 20.1 Å². The molecule has 15 heteroatoms. The summed E-state index contributed by atoms with van der Waals surface area (Å²) >= 11 is 3.52. The second kappa shape index (κ2) is 17.5. The fourth-order valence-electron chi connectivity index (χ4n) is 9.77. The summed E-state index contributed by atoms with van der Waals surface area (Å²) in [6.45, 7) is 6.92. The predicted molar refractivity (Wildman–Crippen MR) is 258 cm³/mol. The van der Waals surface area contributed by atoms with Crippen molar-refractivity contribution in [1.82, 2.24) is 0 Å². The third-order valence-corrected chi connectivity index (χ3v) is 16.8. The monoisotopic (exact) mass is 988 g/mol. The van der Waals surface area contributed by atoms with Gasteiger partial charge in [-0.2, -0.15) is 0 Å². The van der Waals surface area contributed by atoms with Crippen LogP contribution >= 0.6 is 15.9 Å². The maximum absolute atomic E-state index is 13.7. The van der Waals surface area contributed by atoms with Crippen LogP contribution in [0.25, 0.3) is 0 Å². The summed E-state index contributed by atoms with van der Waals surface area (Å²) < 4.78 is 79.0. The zero-order valence-electron chi connectivity index (χ0n) is 36.5. The van der Waals surface area contributed by atoms with Crippen LogP contribution in [0.2, 0.25) is 0 Å². The predicted octanol–water partition coefficient (Wildman–Crippen LogP) is 10.8. The average Bonchev–Trinajstić information content (AvgIpc) is 4.01.